The lowest BCUT2D eigenvalue weighted by Crippen LogP contribution is -2.51. The maximum Gasteiger partial charge on any atom is 0.411 e. The van der Waals surface area contributed by atoms with Crippen LogP contribution in [0.3, 0.4) is 0 Å². The summed E-state index contributed by atoms with van der Waals surface area (Å²) in [5.74, 6) is -1.86. The molecule has 0 spiro atoms. The number of ether oxygens (including phenoxy) is 2. The van der Waals surface area contributed by atoms with E-state index in [9.17, 15) is 19.5 Å². The average molecular weight is 464 g/mol. The first-order valence-electron chi connectivity index (χ1n) is 11.4. The van der Waals surface area contributed by atoms with Crippen LogP contribution in [0.2, 0.25) is 0 Å². The molecule has 2 aromatic carbocycles. The second-order valence-electron chi connectivity index (χ2n) is 9.64. The number of amides is 1. The Labute approximate surface area is 199 Å². The summed E-state index contributed by atoms with van der Waals surface area (Å²) in [6, 6.07) is 16.2. The highest BCUT2D eigenvalue weighted by molar-refractivity contribution is 6.21. The summed E-state index contributed by atoms with van der Waals surface area (Å²) >= 11 is 0. The van der Waals surface area contributed by atoms with E-state index in [4.69, 9.17) is 9.47 Å². The zero-order valence-electron chi connectivity index (χ0n) is 19.6. The van der Waals surface area contributed by atoms with Crippen molar-refractivity contribution in [3.05, 3.63) is 82.6 Å². The van der Waals surface area contributed by atoms with E-state index < -0.39 is 35.6 Å². The first-order valence-corrected chi connectivity index (χ1v) is 11.4. The molecule has 0 radical (unpaired) electrons. The molecule has 0 saturated carbocycles. The SMILES string of the molecule is CC(C)(C)OC(=O)N1Cc2ccccc2C[C@H]1C(=O)C1=C(O)[C@@H](CCc2ccccc2)OC1=O. The predicted octanol–water partition coefficient (Wildman–Crippen LogP) is 4.29. The van der Waals surface area contributed by atoms with Crippen LogP contribution in [0, 0.1) is 0 Å². The molecule has 2 heterocycles. The largest absolute Gasteiger partial charge is 0.507 e. The lowest BCUT2D eigenvalue weighted by atomic mass is 9.89. The monoisotopic (exact) mass is 463 g/mol. The molecule has 2 aliphatic rings. The van der Waals surface area contributed by atoms with Crippen LogP contribution in [0.15, 0.2) is 65.9 Å². The molecule has 2 atom stereocenters. The maximum absolute atomic E-state index is 13.6. The van der Waals surface area contributed by atoms with Gasteiger partial charge in [-0.15, -0.1) is 0 Å². The molecule has 0 saturated heterocycles. The van der Waals surface area contributed by atoms with E-state index in [1.807, 2.05) is 54.6 Å². The Bertz CT molecular complexity index is 1130. The summed E-state index contributed by atoms with van der Waals surface area (Å²) in [7, 11) is 0. The number of ketones is 1. The number of esters is 1. The number of hydrogen-bond acceptors (Lipinski definition) is 6. The highest BCUT2D eigenvalue weighted by Crippen LogP contribution is 2.31. The van der Waals surface area contributed by atoms with Gasteiger partial charge in [-0.25, -0.2) is 9.59 Å². The zero-order chi connectivity index (χ0) is 24.5. The standard InChI is InChI=1S/C27H29NO6/c1-27(2,3)34-26(32)28-16-19-12-8-7-11-18(19)15-20(28)23(29)22-24(30)21(33-25(22)31)14-13-17-9-5-4-6-10-17/h4-12,20-21,30H,13-16H2,1-3H3/t20-,21+/m0/s1. The number of fused-ring (bicyclic) bond motifs is 1. The number of cyclic esters (lactones) is 1. The summed E-state index contributed by atoms with van der Waals surface area (Å²) in [5, 5.41) is 10.8. The van der Waals surface area contributed by atoms with Gasteiger partial charge in [-0.1, -0.05) is 54.6 Å². The second-order valence-corrected chi connectivity index (χ2v) is 9.64. The highest BCUT2D eigenvalue weighted by atomic mass is 16.6. The number of Topliss-reactive ketones (excluding diaryl/α,β-unsaturated/α-hetero) is 1. The lowest BCUT2D eigenvalue weighted by Gasteiger charge is -2.36. The Kier molecular flexibility index (Phi) is 6.46. The van der Waals surface area contributed by atoms with Crippen molar-refractivity contribution in [1.29, 1.82) is 0 Å². The molecular weight excluding hydrogens is 434 g/mol. The average Bonchev–Trinajstić information content (AvgIpc) is 3.08. The van der Waals surface area contributed by atoms with E-state index in [0.717, 1.165) is 16.7 Å². The third-order valence-electron chi connectivity index (χ3n) is 5.98. The lowest BCUT2D eigenvalue weighted by molar-refractivity contribution is -0.141. The second kappa shape index (κ2) is 9.33. The number of aliphatic hydroxyl groups is 1. The number of benzene rings is 2. The molecule has 0 unspecified atom stereocenters. The highest BCUT2D eigenvalue weighted by Gasteiger charge is 2.45. The van der Waals surface area contributed by atoms with Crippen LogP contribution >= 0.6 is 0 Å². The van der Waals surface area contributed by atoms with Gasteiger partial charge in [-0.2, -0.15) is 0 Å². The van der Waals surface area contributed by atoms with Crippen LogP contribution in [-0.2, 0) is 38.4 Å². The molecular formula is C27H29NO6. The van der Waals surface area contributed by atoms with Crippen LogP contribution in [0.5, 0.6) is 0 Å². The van der Waals surface area contributed by atoms with Crippen molar-refractivity contribution in [2.75, 3.05) is 0 Å². The zero-order valence-corrected chi connectivity index (χ0v) is 19.6. The van der Waals surface area contributed by atoms with Crippen LogP contribution in [0.4, 0.5) is 4.79 Å². The molecule has 0 aliphatic carbocycles. The number of carbonyl (C=O) groups excluding carboxylic acids is 3. The predicted molar refractivity (Wildman–Crippen MR) is 125 cm³/mol. The van der Waals surface area contributed by atoms with Gasteiger partial charge in [0.2, 0.25) is 0 Å². The Balaban J connectivity index is 1.59. The van der Waals surface area contributed by atoms with E-state index in [0.29, 0.717) is 12.8 Å². The molecule has 2 aliphatic heterocycles. The third-order valence-corrected chi connectivity index (χ3v) is 5.98. The Hall–Kier alpha value is -3.61. The van der Waals surface area contributed by atoms with Gasteiger partial charge in [0.05, 0.1) is 6.54 Å². The molecule has 1 N–H and O–H groups in total. The number of aliphatic hydroxyl groups excluding tert-OH is 1. The number of hydrogen-bond donors (Lipinski definition) is 1. The van der Waals surface area contributed by atoms with Gasteiger partial charge in [0.25, 0.3) is 0 Å². The number of carbonyl (C=O) groups is 3. The van der Waals surface area contributed by atoms with Crippen molar-refractivity contribution in [2.24, 2.45) is 0 Å². The van der Waals surface area contributed by atoms with E-state index in [2.05, 4.69) is 0 Å². The van der Waals surface area contributed by atoms with E-state index in [1.165, 1.54) is 4.90 Å². The van der Waals surface area contributed by atoms with E-state index in [-0.39, 0.29) is 24.3 Å². The van der Waals surface area contributed by atoms with Crippen LogP contribution in [-0.4, -0.2) is 45.6 Å². The fourth-order valence-electron chi connectivity index (χ4n) is 4.31. The Morgan fingerprint density at radius 3 is 2.38 bits per heavy atom. The van der Waals surface area contributed by atoms with Gasteiger partial charge >= 0.3 is 12.1 Å². The van der Waals surface area contributed by atoms with E-state index >= 15 is 0 Å². The molecule has 1 amide bonds. The first-order chi connectivity index (χ1) is 16.1. The molecule has 7 heteroatoms. The van der Waals surface area contributed by atoms with Crippen molar-refractivity contribution in [3.8, 4) is 0 Å². The van der Waals surface area contributed by atoms with Gasteiger partial charge in [0.1, 0.15) is 17.2 Å². The minimum absolute atomic E-state index is 0.169. The van der Waals surface area contributed by atoms with Crippen molar-refractivity contribution >= 4 is 17.8 Å². The van der Waals surface area contributed by atoms with Crippen LogP contribution in [0.25, 0.3) is 0 Å². The molecule has 0 aromatic heterocycles. The fraction of sp³-hybridized carbons (Fsp3) is 0.370. The number of aryl methyl sites for hydroxylation is 1. The smallest absolute Gasteiger partial charge is 0.411 e. The Morgan fingerprint density at radius 2 is 1.71 bits per heavy atom. The minimum atomic E-state index is -0.984. The summed E-state index contributed by atoms with van der Waals surface area (Å²) < 4.78 is 10.9. The molecule has 34 heavy (non-hydrogen) atoms. The topological polar surface area (TPSA) is 93.1 Å². The van der Waals surface area contributed by atoms with Gasteiger partial charge in [-0.3, -0.25) is 9.69 Å². The van der Waals surface area contributed by atoms with Gasteiger partial charge in [-0.05, 0) is 50.3 Å². The molecule has 7 nitrogen and oxygen atoms in total. The number of rotatable bonds is 5. The first kappa shape index (κ1) is 23.5. The van der Waals surface area contributed by atoms with Crippen molar-refractivity contribution < 1.29 is 29.0 Å². The number of nitrogens with zero attached hydrogens (tertiary/aromatic N) is 1. The quantitative estimate of drug-likeness (QED) is 0.525. The molecule has 0 bridgehead atoms. The van der Waals surface area contributed by atoms with Crippen molar-refractivity contribution in [2.45, 2.75) is 64.3 Å². The van der Waals surface area contributed by atoms with E-state index in [1.54, 1.807) is 20.8 Å². The van der Waals surface area contributed by atoms with Crippen LogP contribution in [0.1, 0.15) is 43.9 Å². The maximum atomic E-state index is 13.6. The van der Waals surface area contributed by atoms with Crippen molar-refractivity contribution in [3.63, 3.8) is 0 Å². The molecule has 0 fully saturated rings. The summed E-state index contributed by atoms with van der Waals surface area (Å²) in [6.45, 7) is 5.42. The molecule has 2 aromatic rings. The van der Waals surface area contributed by atoms with Gasteiger partial charge in [0, 0.05) is 6.42 Å². The normalized spacial score (nSPS) is 20.1. The third kappa shape index (κ3) is 4.98. The van der Waals surface area contributed by atoms with Gasteiger partial charge in [0.15, 0.2) is 17.6 Å². The van der Waals surface area contributed by atoms with Crippen molar-refractivity contribution in [1.82, 2.24) is 4.90 Å². The van der Waals surface area contributed by atoms with Gasteiger partial charge < -0.3 is 14.6 Å². The minimum Gasteiger partial charge on any atom is -0.507 e. The summed E-state index contributed by atoms with van der Waals surface area (Å²) in [5.41, 5.74) is 1.72. The molecule has 4 rings (SSSR count). The summed E-state index contributed by atoms with van der Waals surface area (Å²) in [6.07, 6.45) is -0.398. The van der Waals surface area contributed by atoms with Crippen LogP contribution < -0.4 is 0 Å². The molecule has 178 valence electrons. The fourth-order valence-corrected chi connectivity index (χ4v) is 4.31. The summed E-state index contributed by atoms with van der Waals surface area (Å²) in [4.78, 5) is 40.5. The Morgan fingerprint density at radius 1 is 1.06 bits per heavy atom.